The van der Waals surface area contributed by atoms with E-state index >= 15 is 0 Å². The number of ether oxygens (including phenoxy) is 3. The molecule has 1 heterocycles. The molecule has 0 aliphatic carbocycles. The van der Waals surface area contributed by atoms with Gasteiger partial charge in [0.15, 0.2) is 11.5 Å². The second-order valence-electron chi connectivity index (χ2n) is 4.90. The molecule has 1 aliphatic rings. The molecule has 0 radical (unpaired) electrons. The third-order valence-corrected chi connectivity index (χ3v) is 3.58. The lowest BCUT2D eigenvalue weighted by Gasteiger charge is -2.20. The monoisotopic (exact) mass is 300 g/mol. The smallest absolute Gasteiger partial charge is 0.161 e. The van der Waals surface area contributed by atoms with E-state index in [-0.39, 0.29) is 11.5 Å². The fourth-order valence-electron chi connectivity index (χ4n) is 2.40. The fraction of sp³-hybridized carbons (Fsp3) is 0.176. The summed E-state index contributed by atoms with van der Waals surface area (Å²) in [5.74, 6) is 1.53. The number of hydrogen-bond donors (Lipinski definition) is 2. The lowest BCUT2D eigenvalue weighted by molar-refractivity contribution is 0.356. The van der Waals surface area contributed by atoms with Gasteiger partial charge in [-0.25, -0.2) is 0 Å². The first-order chi connectivity index (χ1) is 10.6. The maximum atomic E-state index is 9.72. The van der Waals surface area contributed by atoms with Crippen LogP contribution in [0, 0.1) is 0 Å². The molecule has 0 atom stereocenters. The van der Waals surface area contributed by atoms with E-state index in [0.29, 0.717) is 17.9 Å². The van der Waals surface area contributed by atoms with Crippen LogP contribution in [0.15, 0.2) is 30.3 Å². The Labute approximate surface area is 128 Å². The number of methoxy groups -OCH3 is 2. The summed E-state index contributed by atoms with van der Waals surface area (Å²) in [5, 5.41) is 19.3. The molecule has 0 amide bonds. The number of phenolic OH excluding ortho intramolecular Hbond substituents is 2. The van der Waals surface area contributed by atoms with Gasteiger partial charge in [-0.3, -0.25) is 0 Å². The van der Waals surface area contributed by atoms with Crippen molar-refractivity contribution in [2.75, 3.05) is 20.8 Å². The molecular weight excluding hydrogens is 284 g/mol. The Morgan fingerprint density at radius 3 is 2.50 bits per heavy atom. The van der Waals surface area contributed by atoms with Gasteiger partial charge in [-0.2, -0.15) is 0 Å². The van der Waals surface area contributed by atoms with Gasteiger partial charge in [-0.05, 0) is 24.3 Å². The Kier molecular flexibility index (Phi) is 3.55. The Hall–Kier alpha value is -2.82. The van der Waals surface area contributed by atoms with Crippen molar-refractivity contribution in [3.63, 3.8) is 0 Å². The zero-order chi connectivity index (χ0) is 15.7. The van der Waals surface area contributed by atoms with E-state index in [0.717, 1.165) is 22.6 Å². The molecule has 0 saturated carbocycles. The van der Waals surface area contributed by atoms with Crippen molar-refractivity contribution in [3.8, 4) is 28.7 Å². The predicted molar refractivity (Wildman–Crippen MR) is 82.7 cm³/mol. The maximum Gasteiger partial charge on any atom is 0.161 e. The van der Waals surface area contributed by atoms with Crippen LogP contribution in [0.1, 0.15) is 11.1 Å². The molecule has 0 spiro atoms. The molecule has 2 aromatic rings. The average Bonchev–Trinajstić information content (AvgIpc) is 2.55. The summed E-state index contributed by atoms with van der Waals surface area (Å²) in [6, 6.07) is 8.44. The number of phenols is 2. The van der Waals surface area contributed by atoms with Gasteiger partial charge in [0.05, 0.1) is 14.2 Å². The van der Waals surface area contributed by atoms with E-state index in [1.807, 2.05) is 24.3 Å². The highest BCUT2D eigenvalue weighted by atomic mass is 16.5. The molecule has 0 unspecified atom stereocenters. The molecule has 2 N–H and O–H groups in total. The zero-order valence-corrected chi connectivity index (χ0v) is 12.3. The van der Waals surface area contributed by atoms with Gasteiger partial charge in [0.25, 0.3) is 0 Å². The van der Waals surface area contributed by atoms with Gasteiger partial charge in [-0.15, -0.1) is 0 Å². The van der Waals surface area contributed by atoms with Crippen LogP contribution in [0.4, 0.5) is 0 Å². The maximum absolute atomic E-state index is 9.72. The molecule has 0 aromatic heterocycles. The van der Waals surface area contributed by atoms with Crippen LogP contribution in [-0.2, 0) is 0 Å². The lowest BCUT2D eigenvalue weighted by atomic mass is 9.99. The van der Waals surface area contributed by atoms with Crippen LogP contribution >= 0.6 is 0 Å². The quantitative estimate of drug-likeness (QED) is 0.853. The Balaban J connectivity index is 2.06. The number of fused-ring (bicyclic) bond motifs is 1. The first-order valence-electron chi connectivity index (χ1n) is 6.74. The van der Waals surface area contributed by atoms with Crippen LogP contribution < -0.4 is 14.2 Å². The topological polar surface area (TPSA) is 68.2 Å². The van der Waals surface area contributed by atoms with E-state index in [4.69, 9.17) is 14.2 Å². The number of aromatic hydroxyl groups is 2. The number of benzene rings is 2. The minimum Gasteiger partial charge on any atom is -0.504 e. The Morgan fingerprint density at radius 1 is 1.00 bits per heavy atom. The van der Waals surface area contributed by atoms with Gasteiger partial charge in [0, 0.05) is 28.8 Å². The minimum atomic E-state index is -0.219. The van der Waals surface area contributed by atoms with Gasteiger partial charge >= 0.3 is 0 Å². The predicted octanol–water partition coefficient (Wildman–Crippen LogP) is 3.05. The summed E-state index contributed by atoms with van der Waals surface area (Å²) in [5.41, 5.74) is 2.45. The molecule has 114 valence electrons. The summed E-state index contributed by atoms with van der Waals surface area (Å²) in [7, 11) is 3.12. The average molecular weight is 300 g/mol. The van der Waals surface area contributed by atoms with Gasteiger partial charge in [0.1, 0.15) is 23.9 Å². The van der Waals surface area contributed by atoms with Crippen molar-refractivity contribution < 1.29 is 24.4 Å². The standard InChI is InChI=1S/C17H16O5/c1-20-12-4-3-10-5-11(9-22-16(10)6-12)13-7-14(18)15(19)8-17(13)21-2/h3-8,18-19H,9H2,1-2H3. The van der Waals surface area contributed by atoms with Crippen molar-refractivity contribution in [1.82, 2.24) is 0 Å². The van der Waals surface area contributed by atoms with Crippen molar-refractivity contribution in [1.29, 1.82) is 0 Å². The first kappa shape index (κ1) is 14.1. The summed E-state index contributed by atoms with van der Waals surface area (Å²) in [6.45, 7) is 0.334. The van der Waals surface area contributed by atoms with E-state index in [9.17, 15) is 10.2 Å². The second kappa shape index (κ2) is 5.52. The normalized spacial score (nSPS) is 12.9. The molecule has 0 fully saturated rings. The highest BCUT2D eigenvalue weighted by molar-refractivity contribution is 5.88. The SMILES string of the molecule is COc1ccc2c(c1)OCC(c1cc(O)c(O)cc1OC)=C2. The fourth-order valence-corrected chi connectivity index (χ4v) is 2.40. The Morgan fingerprint density at radius 2 is 1.77 bits per heavy atom. The number of rotatable bonds is 3. The molecule has 2 aromatic carbocycles. The molecule has 1 aliphatic heterocycles. The van der Waals surface area contributed by atoms with E-state index in [1.54, 1.807) is 7.11 Å². The van der Waals surface area contributed by atoms with E-state index in [2.05, 4.69) is 0 Å². The van der Waals surface area contributed by atoms with Crippen molar-refractivity contribution in [2.24, 2.45) is 0 Å². The van der Waals surface area contributed by atoms with Crippen LogP contribution in [0.25, 0.3) is 11.6 Å². The highest BCUT2D eigenvalue weighted by Gasteiger charge is 2.18. The summed E-state index contributed by atoms with van der Waals surface area (Å²) in [4.78, 5) is 0. The molecule has 5 nitrogen and oxygen atoms in total. The molecular formula is C17H16O5. The highest BCUT2D eigenvalue weighted by Crippen LogP contribution is 2.40. The largest absolute Gasteiger partial charge is 0.504 e. The molecule has 0 bridgehead atoms. The van der Waals surface area contributed by atoms with Crippen molar-refractivity contribution in [2.45, 2.75) is 0 Å². The van der Waals surface area contributed by atoms with Crippen molar-refractivity contribution >= 4 is 11.6 Å². The van der Waals surface area contributed by atoms with Gasteiger partial charge in [-0.1, -0.05) is 0 Å². The van der Waals surface area contributed by atoms with Gasteiger partial charge < -0.3 is 24.4 Å². The molecule has 0 saturated heterocycles. The van der Waals surface area contributed by atoms with Crippen LogP contribution in [0.3, 0.4) is 0 Å². The van der Waals surface area contributed by atoms with Crippen LogP contribution in [-0.4, -0.2) is 31.0 Å². The van der Waals surface area contributed by atoms with Gasteiger partial charge in [0.2, 0.25) is 0 Å². The Bertz CT molecular complexity index is 749. The van der Waals surface area contributed by atoms with Crippen LogP contribution in [0.5, 0.6) is 28.7 Å². The van der Waals surface area contributed by atoms with Crippen LogP contribution in [0.2, 0.25) is 0 Å². The van der Waals surface area contributed by atoms with Crippen molar-refractivity contribution in [3.05, 3.63) is 41.5 Å². The molecule has 5 heteroatoms. The summed E-state index contributed by atoms with van der Waals surface area (Å²) >= 11 is 0. The molecule has 22 heavy (non-hydrogen) atoms. The third-order valence-electron chi connectivity index (χ3n) is 3.58. The zero-order valence-electron chi connectivity index (χ0n) is 12.3. The minimum absolute atomic E-state index is 0.197. The van der Waals surface area contributed by atoms with E-state index < -0.39 is 0 Å². The first-order valence-corrected chi connectivity index (χ1v) is 6.74. The summed E-state index contributed by atoms with van der Waals surface area (Å²) < 4.78 is 16.2. The summed E-state index contributed by atoms with van der Waals surface area (Å²) in [6.07, 6.45) is 1.96. The second-order valence-corrected chi connectivity index (χ2v) is 4.90. The lowest BCUT2D eigenvalue weighted by Crippen LogP contribution is -2.07. The van der Waals surface area contributed by atoms with E-state index in [1.165, 1.54) is 19.2 Å². The third kappa shape index (κ3) is 2.41. The number of hydrogen-bond acceptors (Lipinski definition) is 5. The molecule has 3 rings (SSSR count).